The van der Waals surface area contributed by atoms with Crippen LogP contribution in [-0.2, 0) is 17.9 Å². The summed E-state index contributed by atoms with van der Waals surface area (Å²) in [5.74, 6) is 0.545. The van der Waals surface area contributed by atoms with Crippen molar-refractivity contribution >= 4 is 16.9 Å². The van der Waals surface area contributed by atoms with Gasteiger partial charge in [-0.25, -0.2) is 0 Å². The molecule has 2 aromatic rings. The van der Waals surface area contributed by atoms with Gasteiger partial charge in [0, 0.05) is 19.5 Å². The Hall–Kier alpha value is -1.85. The number of rotatable bonds is 6. The van der Waals surface area contributed by atoms with Crippen LogP contribution in [-0.4, -0.2) is 32.0 Å². The zero-order valence-corrected chi connectivity index (χ0v) is 12.7. The van der Waals surface area contributed by atoms with Crippen LogP contribution in [0.5, 0.6) is 0 Å². The maximum absolute atomic E-state index is 11.8. The zero-order chi connectivity index (χ0) is 14.7. The highest BCUT2D eigenvalue weighted by Gasteiger charge is 2.13. The number of aromatic nitrogens is 4. The Bertz CT molecular complexity index is 596. The van der Waals surface area contributed by atoms with Crippen LogP contribution in [0.1, 0.15) is 32.9 Å². The van der Waals surface area contributed by atoms with E-state index in [0.717, 1.165) is 29.8 Å². The van der Waals surface area contributed by atoms with Crippen LogP contribution in [0.4, 0.5) is 0 Å². The van der Waals surface area contributed by atoms with Gasteiger partial charge in [-0.3, -0.25) is 14.2 Å². The second-order valence-electron chi connectivity index (χ2n) is 5.45. The molecule has 0 aliphatic carbocycles. The van der Waals surface area contributed by atoms with E-state index in [1.807, 2.05) is 22.5 Å². The van der Waals surface area contributed by atoms with Crippen LogP contribution in [0, 0.1) is 12.8 Å². The molecule has 0 bridgehead atoms. The first-order chi connectivity index (χ1) is 9.52. The van der Waals surface area contributed by atoms with Crippen molar-refractivity contribution in [2.75, 3.05) is 6.54 Å². The van der Waals surface area contributed by atoms with Gasteiger partial charge < -0.3 is 5.32 Å². The summed E-state index contributed by atoms with van der Waals surface area (Å²) >= 11 is 0. The number of fused-ring (bicyclic) bond motifs is 1. The Morgan fingerprint density at radius 3 is 2.80 bits per heavy atom. The molecule has 1 N–H and O–H groups in total. The lowest BCUT2D eigenvalue weighted by molar-refractivity contribution is -0.121. The van der Waals surface area contributed by atoms with Gasteiger partial charge in [-0.1, -0.05) is 13.8 Å². The summed E-state index contributed by atoms with van der Waals surface area (Å²) in [5, 5.41) is 11.8. The molecule has 6 nitrogen and oxygen atoms in total. The Morgan fingerprint density at radius 1 is 1.40 bits per heavy atom. The average Bonchev–Trinajstić information content (AvgIpc) is 2.95. The van der Waals surface area contributed by atoms with E-state index >= 15 is 0 Å². The first kappa shape index (κ1) is 14.6. The van der Waals surface area contributed by atoms with Crippen LogP contribution in [0.15, 0.2) is 6.20 Å². The maximum atomic E-state index is 11.8. The highest BCUT2D eigenvalue weighted by molar-refractivity contribution is 5.78. The van der Waals surface area contributed by atoms with Crippen LogP contribution in [0.2, 0.25) is 0 Å². The minimum atomic E-state index is 0.0721. The lowest BCUT2D eigenvalue weighted by Crippen LogP contribution is -2.28. The first-order valence-corrected chi connectivity index (χ1v) is 7.18. The smallest absolute Gasteiger partial charge is 0.221 e. The van der Waals surface area contributed by atoms with Crippen LogP contribution in [0.25, 0.3) is 11.0 Å². The van der Waals surface area contributed by atoms with E-state index in [4.69, 9.17) is 0 Å². The van der Waals surface area contributed by atoms with Crippen molar-refractivity contribution in [3.05, 3.63) is 11.9 Å². The molecule has 1 amide bonds. The highest BCUT2D eigenvalue weighted by Crippen LogP contribution is 2.17. The van der Waals surface area contributed by atoms with E-state index in [2.05, 4.69) is 36.3 Å². The molecular weight excluding hydrogens is 254 g/mol. The van der Waals surface area contributed by atoms with Gasteiger partial charge >= 0.3 is 0 Å². The molecule has 0 radical (unpaired) electrons. The molecule has 0 aliphatic rings. The molecule has 20 heavy (non-hydrogen) atoms. The summed E-state index contributed by atoms with van der Waals surface area (Å²) in [5.41, 5.74) is 3.03. The van der Waals surface area contributed by atoms with E-state index in [9.17, 15) is 4.79 Å². The molecule has 2 aromatic heterocycles. The molecule has 0 saturated heterocycles. The standard InChI is InChI=1S/C14H23N5O/c1-5-18-12-9-16-19(14(12)11(4)17-18)7-6-13(20)15-8-10(2)3/h9-10H,5-8H2,1-4H3,(H,15,20). The Balaban J connectivity index is 2.03. The van der Waals surface area contributed by atoms with Crippen molar-refractivity contribution in [2.45, 2.75) is 47.2 Å². The predicted molar refractivity (Wildman–Crippen MR) is 78.4 cm³/mol. The number of nitrogens with one attached hydrogen (secondary N) is 1. The molecule has 0 fully saturated rings. The number of aryl methyl sites for hydroxylation is 3. The average molecular weight is 277 g/mol. The molecule has 0 spiro atoms. The quantitative estimate of drug-likeness (QED) is 0.874. The van der Waals surface area contributed by atoms with Crippen molar-refractivity contribution in [1.29, 1.82) is 0 Å². The molecule has 0 unspecified atom stereocenters. The van der Waals surface area contributed by atoms with E-state index in [1.165, 1.54) is 0 Å². The normalized spacial score (nSPS) is 11.4. The van der Waals surface area contributed by atoms with Gasteiger partial charge in [0.1, 0.15) is 11.0 Å². The second kappa shape index (κ2) is 6.07. The molecule has 0 aromatic carbocycles. The number of carbonyl (C=O) groups excluding carboxylic acids is 1. The molecule has 0 aliphatic heterocycles. The van der Waals surface area contributed by atoms with Gasteiger partial charge in [-0.15, -0.1) is 0 Å². The zero-order valence-electron chi connectivity index (χ0n) is 12.7. The fourth-order valence-corrected chi connectivity index (χ4v) is 2.24. The molecular formula is C14H23N5O. The molecule has 2 rings (SSSR count). The molecule has 2 heterocycles. The Labute approximate surface area is 119 Å². The van der Waals surface area contributed by atoms with E-state index in [1.54, 1.807) is 0 Å². The summed E-state index contributed by atoms with van der Waals surface area (Å²) in [7, 11) is 0. The third kappa shape index (κ3) is 3.00. The van der Waals surface area contributed by atoms with Gasteiger partial charge in [0.2, 0.25) is 5.91 Å². The summed E-state index contributed by atoms with van der Waals surface area (Å²) in [6, 6.07) is 0. The van der Waals surface area contributed by atoms with Crippen molar-refractivity contribution < 1.29 is 4.79 Å². The maximum Gasteiger partial charge on any atom is 0.221 e. The Morgan fingerprint density at radius 2 is 2.15 bits per heavy atom. The van der Waals surface area contributed by atoms with Crippen molar-refractivity contribution in [3.63, 3.8) is 0 Å². The number of carbonyl (C=O) groups is 1. The summed E-state index contributed by atoms with van der Waals surface area (Å²) in [6.07, 6.45) is 2.27. The fraction of sp³-hybridized carbons (Fsp3) is 0.643. The molecule has 6 heteroatoms. The van der Waals surface area contributed by atoms with E-state index in [-0.39, 0.29) is 5.91 Å². The molecule has 0 atom stereocenters. The largest absolute Gasteiger partial charge is 0.356 e. The monoisotopic (exact) mass is 277 g/mol. The van der Waals surface area contributed by atoms with Gasteiger partial charge in [0.25, 0.3) is 0 Å². The number of hydrogen-bond acceptors (Lipinski definition) is 3. The number of amides is 1. The van der Waals surface area contributed by atoms with E-state index < -0.39 is 0 Å². The predicted octanol–water partition coefficient (Wildman–Crippen LogP) is 1.72. The van der Waals surface area contributed by atoms with Crippen LogP contribution < -0.4 is 5.32 Å². The second-order valence-corrected chi connectivity index (χ2v) is 5.45. The van der Waals surface area contributed by atoms with Crippen LogP contribution >= 0.6 is 0 Å². The number of nitrogens with zero attached hydrogens (tertiary/aromatic N) is 4. The minimum Gasteiger partial charge on any atom is -0.356 e. The summed E-state index contributed by atoms with van der Waals surface area (Å²) in [6.45, 7) is 10.3. The van der Waals surface area contributed by atoms with Crippen molar-refractivity contribution in [3.8, 4) is 0 Å². The van der Waals surface area contributed by atoms with E-state index in [0.29, 0.717) is 18.9 Å². The highest BCUT2D eigenvalue weighted by atomic mass is 16.1. The third-order valence-electron chi connectivity index (χ3n) is 3.27. The first-order valence-electron chi connectivity index (χ1n) is 7.18. The van der Waals surface area contributed by atoms with Gasteiger partial charge in [0.05, 0.1) is 18.4 Å². The summed E-state index contributed by atoms with van der Waals surface area (Å²) in [4.78, 5) is 11.8. The molecule has 110 valence electrons. The summed E-state index contributed by atoms with van der Waals surface area (Å²) < 4.78 is 3.81. The SMILES string of the molecule is CCn1nc(C)c2c1cnn2CCC(=O)NCC(C)C. The van der Waals surface area contributed by atoms with Crippen molar-refractivity contribution in [1.82, 2.24) is 24.9 Å². The topological polar surface area (TPSA) is 64.7 Å². The molecule has 0 saturated carbocycles. The van der Waals surface area contributed by atoms with Gasteiger partial charge in [0.15, 0.2) is 0 Å². The minimum absolute atomic E-state index is 0.0721. The van der Waals surface area contributed by atoms with Crippen LogP contribution in [0.3, 0.4) is 0 Å². The van der Waals surface area contributed by atoms with Gasteiger partial charge in [-0.05, 0) is 19.8 Å². The number of hydrogen-bond donors (Lipinski definition) is 1. The fourth-order valence-electron chi connectivity index (χ4n) is 2.24. The van der Waals surface area contributed by atoms with Gasteiger partial charge in [-0.2, -0.15) is 10.2 Å². The lowest BCUT2D eigenvalue weighted by atomic mass is 10.2. The third-order valence-corrected chi connectivity index (χ3v) is 3.27. The Kier molecular flexibility index (Phi) is 4.42. The van der Waals surface area contributed by atoms with Crippen molar-refractivity contribution in [2.24, 2.45) is 5.92 Å². The lowest BCUT2D eigenvalue weighted by Gasteiger charge is -2.07.